The van der Waals surface area contributed by atoms with E-state index in [2.05, 4.69) is 26.3 Å². The Labute approximate surface area is 322 Å². The number of amides is 4. The Bertz CT molecular complexity index is 2240. The van der Waals surface area contributed by atoms with E-state index in [0.29, 0.717) is 37.9 Å². The predicted octanol–water partition coefficient (Wildman–Crippen LogP) is 8.12. The van der Waals surface area contributed by atoms with E-state index in [1.165, 1.54) is 22.3 Å². The fourth-order valence-corrected chi connectivity index (χ4v) is 10.1. The minimum absolute atomic E-state index is 0.0380. The van der Waals surface area contributed by atoms with Gasteiger partial charge in [0.05, 0.1) is 40.3 Å². The number of phenols is 1. The van der Waals surface area contributed by atoms with Gasteiger partial charge in [-0.1, -0.05) is 69.0 Å². The first kappa shape index (κ1) is 35.8. The van der Waals surface area contributed by atoms with Gasteiger partial charge < -0.3 is 5.11 Å². The first-order chi connectivity index (χ1) is 25.2. The zero-order chi connectivity index (χ0) is 37.6. The van der Waals surface area contributed by atoms with E-state index in [9.17, 15) is 32.7 Å². The van der Waals surface area contributed by atoms with Crippen molar-refractivity contribution in [3.63, 3.8) is 0 Å². The highest BCUT2D eigenvalue weighted by Crippen LogP contribution is 2.65. The van der Waals surface area contributed by atoms with Gasteiger partial charge >= 0.3 is 6.18 Å². The molecule has 16 heteroatoms. The lowest BCUT2D eigenvalue weighted by Crippen LogP contribution is -2.53. The van der Waals surface area contributed by atoms with E-state index < -0.39 is 63.6 Å². The molecule has 2 saturated heterocycles. The normalized spacial score (nSPS) is 26.8. The number of halogens is 6. The smallest absolute Gasteiger partial charge is 0.417 e. The molecule has 0 radical (unpaired) electrons. The third-order valence-corrected chi connectivity index (χ3v) is 12.7. The molecule has 4 amide bonds. The number of alkyl halides is 3. The molecule has 6 atom stereocenters. The van der Waals surface area contributed by atoms with Crippen molar-refractivity contribution in [1.29, 1.82) is 0 Å². The SMILES string of the molecule is O=C1C2CC=C3C(CC4C(=O)N(Nc5ncc(C(F)(F)F)cc5Cl)C(=O)C4(c4ccc(Cl)cc4)C3c3cc(Br)ccc3O)C2C(=O)N1Cc1cccs1. The van der Waals surface area contributed by atoms with Crippen LogP contribution in [0.25, 0.3) is 0 Å². The number of benzene rings is 2. The fourth-order valence-electron chi connectivity index (χ4n) is 8.66. The summed E-state index contributed by atoms with van der Waals surface area (Å²) in [6, 6.07) is 15.4. The molecule has 2 aromatic carbocycles. The minimum Gasteiger partial charge on any atom is -0.508 e. The Morgan fingerprint density at radius 1 is 1.00 bits per heavy atom. The van der Waals surface area contributed by atoms with Crippen molar-refractivity contribution in [2.24, 2.45) is 23.7 Å². The number of thiophene rings is 1. The number of nitrogens with zero attached hydrogens (tertiary/aromatic N) is 3. The van der Waals surface area contributed by atoms with Crippen molar-refractivity contribution in [3.05, 3.63) is 120 Å². The summed E-state index contributed by atoms with van der Waals surface area (Å²) in [7, 11) is 0. The maximum atomic E-state index is 15.2. The summed E-state index contributed by atoms with van der Waals surface area (Å²) in [6.07, 6.45) is -2.21. The zero-order valence-electron chi connectivity index (χ0n) is 27.1. The number of carbonyl (C=O) groups excluding carboxylic acids is 4. The molecule has 8 rings (SSSR count). The van der Waals surface area contributed by atoms with Crippen LogP contribution in [0.5, 0.6) is 5.75 Å². The molecule has 4 aromatic rings. The van der Waals surface area contributed by atoms with E-state index in [1.807, 2.05) is 23.6 Å². The number of allylic oxidation sites excluding steroid dienone is 2. The number of hydrogen-bond acceptors (Lipinski definition) is 8. The number of aromatic nitrogens is 1. The molecular formula is C37H26BrCl2F3N4O5S. The summed E-state index contributed by atoms with van der Waals surface area (Å²) < 4.78 is 40.9. The molecule has 2 N–H and O–H groups in total. The molecule has 9 nitrogen and oxygen atoms in total. The van der Waals surface area contributed by atoms with Crippen LogP contribution < -0.4 is 5.43 Å². The number of likely N-dealkylation sites (tertiary alicyclic amines) is 1. The van der Waals surface area contributed by atoms with E-state index in [4.69, 9.17) is 23.2 Å². The van der Waals surface area contributed by atoms with Crippen LogP contribution in [0, 0.1) is 23.7 Å². The van der Waals surface area contributed by atoms with Crippen molar-refractivity contribution < 1.29 is 37.5 Å². The summed E-state index contributed by atoms with van der Waals surface area (Å²) >= 11 is 17.5. The molecule has 2 aliphatic heterocycles. The first-order valence-electron chi connectivity index (χ1n) is 16.4. The highest BCUT2D eigenvalue weighted by atomic mass is 79.9. The Hall–Kier alpha value is -4.24. The predicted molar refractivity (Wildman–Crippen MR) is 193 cm³/mol. The molecule has 4 aliphatic rings. The maximum Gasteiger partial charge on any atom is 0.417 e. The Balaban J connectivity index is 1.30. The maximum absolute atomic E-state index is 15.2. The second kappa shape index (κ2) is 13.0. The molecule has 3 fully saturated rings. The number of pyridine rings is 1. The number of carbonyl (C=O) groups is 4. The second-order valence-corrected chi connectivity index (χ2v) is 16.3. The van der Waals surface area contributed by atoms with E-state index >= 15 is 4.79 Å². The highest BCUT2D eigenvalue weighted by Gasteiger charge is 2.70. The third kappa shape index (κ3) is 5.59. The van der Waals surface area contributed by atoms with Gasteiger partial charge in [-0.2, -0.15) is 18.2 Å². The van der Waals surface area contributed by atoms with Gasteiger partial charge in [-0.15, -0.1) is 11.3 Å². The lowest BCUT2D eigenvalue weighted by atomic mass is 9.49. The van der Waals surface area contributed by atoms with Gasteiger partial charge in [0, 0.05) is 32.1 Å². The molecule has 4 heterocycles. The summed E-state index contributed by atoms with van der Waals surface area (Å²) in [4.78, 5) is 64.0. The molecular weight excluding hydrogens is 820 g/mol. The quantitative estimate of drug-likeness (QED) is 0.149. The van der Waals surface area contributed by atoms with Gasteiger partial charge in [-0.3, -0.25) is 29.5 Å². The van der Waals surface area contributed by atoms with Crippen molar-refractivity contribution >= 4 is 79.9 Å². The molecule has 0 bridgehead atoms. The van der Waals surface area contributed by atoms with Crippen molar-refractivity contribution in [2.45, 2.75) is 36.9 Å². The van der Waals surface area contributed by atoms with Gasteiger partial charge in [0.15, 0.2) is 5.82 Å². The molecule has 53 heavy (non-hydrogen) atoms. The summed E-state index contributed by atoms with van der Waals surface area (Å²) in [5, 5.41) is 13.9. The van der Waals surface area contributed by atoms with E-state index in [-0.39, 0.29) is 48.3 Å². The standard InChI is InChI=1S/C37H26BrCl2F3N4O5S/c38-19-5-10-28(48)25(13-19)30-22-8-9-23-29(34(51)46(32(23)49)16-21-2-1-11-53-21)24(22)14-26-33(50)47(35(52)36(26,30)17-3-6-20(39)7-4-17)45-31-27(40)12-18(15-44-31)37(41,42)43/h1-8,10-13,15,23-24,26,29-30,48H,9,14,16H2,(H,44,45). The molecule has 2 aliphatic carbocycles. The number of hydrazine groups is 1. The number of imide groups is 2. The number of anilines is 1. The molecule has 0 spiro atoms. The number of aromatic hydroxyl groups is 1. The zero-order valence-corrected chi connectivity index (χ0v) is 31.0. The average Bonchev–Trinajstić information content (AvgIpc) is 3.78. The van der Waals surface area contributed by atoms with Crippen LogP contribution in [0.3, 0.4) is 0 Å². The van der Waals surface area contributed by atoms with Gasteiger partial charge in [-0.05, 0) is 72.2 Å². The summed E-state index contributed by atoms with van der Waals surface area (Å²) in [6.45, 7) is 0.106. The second-order valence-electron chi connectivity index (χ2n) is 13.5. The number of nitrogens with one attached hydrogen (secondary N) is 1. The van der Waals surface area contributed by atoms with Crippen molar-refractivity contribution in [2.75, 3.05) is 5.43 Å². The number of hydrogen-bond donors (Lipinski definition) is 2. The average molecular weight is 847 g/mol. The largest absolute Gasteiger partial charge is 0.508 e. The fraction of sp³-hybridized carbons (Fsp3) is 0.270. The van der Waals surface area contributed by atoms with Crippen LogP contribution in [-0.4, -0.2) is 43.6 Å². The number of fused-ring (bicyclic) bond motifs is 4. The number of rotatable bonds is 6. The van der Waals surface area contributed by atoms with E-state index in [0.717, 1.165) is 4.88 Å². The van der Waals surface area contributed by atoms with Crippen LogP contribution in [0.2, 0.25) is 10.0 Å². The topological polar surface area (TPSA) is 120 Å². The summed E-state index contributed by atoms with van der Waals surface area (Å²) in [5.74, 6) is -7.29. The van der Waals surface area contributed by atoms with Gasteiger partial charge in [0.1, 0.15) is 5.75 Å². The number of phenolic OH excluding ortho intramolecular Hbond substituents is 1. The lowest BCUT2D eigenvalue weighted by Gasteiger charge is -2.50. The third-order valence-electron chi connectivity index (χ3n) is 10.8. The summed E-state index contributed by atoms with van der Waals surface area (Å²) in [5.41, 5.74) is 0.971. The van der Waals surface area contributed by atoms with Crippen LogP contribution in [0.1, 0.15) is 40.3 Å². The van der Waals surface area contributed by atoms with Crippen LogP contribution in [-0.2, 0) is 37.3 Å². The molecule has 2 aromatic heterocycles. The minimum atomic E-state index is -4.75. The van der Waals surface area contributed by atoms with Crippen molar-refractivity contribution in [1.82, 2.24) is 14.9 Å². The molecule has 1 saturated carbocycles. The first-order valence-corrected chi connectivity index (χ1v) is 18.8. The van der Waals surface area contributed by atoms with Gasteiger partial charge in [-0.25, -0.2) is 4.98 Å². The Kier molecular flexibility index (Phi) is 8.75. The van der Waals surface area contributed by atoms with E-state index in [1.54, 1.807) is 36.4 Å². The van der Waals surface area contributed by atoms with Crippen molar-refractivity contribution in [3.8, 4) is 5.75 Å². The molecule has 272 valence electrons. The lowest BCUT2D eigenvalue weighted by molar-refractivity contribution is -0.142. The Morgan fingerprint density at radius 2 is 1.75 bits per heavy atom. The van der Waals surface area contributed by atoms with Gasteiger partial charge in [0.25, 0.3) is 11.8 Å². The van der Waals surface area contributed by atoms with Gasteiger partial charge in [0.2, 0.25) is 11.8 Å². The van der Waals surface area contributed by atoms with Crippen LogP contribution >= 0.6 is 50.5 Å². The van der Waals surface area contributed by atoms with Crippen LogP contribution in [0.15, 0.2) is 88.4 Å². The molecule has 6 unspecified atom stereocenters. The highest BCUT2D eigenvalue weighted by molar-refractivity contribution is 9.10. The Morgan fingerprint density at radius 3 is 2.43 bits per heavy atom. The van der Waals surface area contributed by atoms with Crippen LogP contribution in [0.4, 0.5) is 19.0 Å². The monoisotopic (exact) mass is 844 g/mol.